The largest absolute Gasteiger partial charge is 0.497 e. The molecular formula is C21H25NO6. The van der Waals surface area contributed by atoms with E-state index in [1.54, 1.807) is 48.5 Å². The highest BCUT2D eigenvalue weighted by atomic mass is 16.5. The Kier molecular flexibility index (Phi) is 7.68. The molecule has 7 nitrogen and oxygen atoms in total. The van der Waals surface area contributed by atoms with E-state index in [9.17, 15) is 14.7 Å². The summed E-state index contributed by atoms with van der Waals surface area (Å²) in [4.78, 5) is 23.7. The van der Waals surface area contributed by atoms with Gasteiger partial charge in [-0.05, 0) is 35.7 Å². The van der Waals surface area contributed by atoms with Gasteiger partial charge in [0, 0.05) is 6.07 Å². The lowest BCUT2D eigenvalue weighted by molar-refractivity contribution is -0.142. The number of hydrogen-bond donors (Lipinski definition) is 2. The van der Waals surface area contributed by atoms with E-state index < -0.39 is 17.9 Å². The number of rotatable bonds is 10. The Hall–Kier alpha value is -3.22. The predicted octanol–water partition coefficient (Wildman–Crippen LogP) is 3.05. The minimum atomic E-state index is -1.18. The molecule has 0 spiro atoms. The summed E-state index contributed by atoms with van der Waals surface area (Å²) in [5.74, 6) is 0.392. The van der Waals surface area contributed by atoms with Gasteiger partial charge in [0.25, 0.3) is 5.91 Å². The van der Waals surface area contributed by atoms with Crippen molar-refractivity contribution in [2.24, 2.45) is 5.92 Å². The van der Waals surface area contributed by atoms with Crippen LogP contribution in [0, 0.1) is 5.92 Å². The minimum absolute atomic E-state index is 0.312. The van der Waals surface area contributed by atoms with Crippen LogP contribution in [0.2, 0.25) is 0 Å². The number of methoxy groups -OCH3 is 1. The number of aliphatic carboxylic acids is 1. The second kappa shape index (κ2) is 10.2. The van der Waals surface area contributed by atoms with Gasteiger partial charge in [0.1, 0.15) is 17.2 Å². The van der Waals surface area contributed by atoms with Gasteiger partial charge in [-0.3, -0.25) is 4.79 Å². The zero-order valence-electron chi connectivity index (χ0n) is 16.2. The molecule has 7 heteroatoms. The molecule has 2 rings (SSSR count). The van der Waals surface area contributed by atoms with Crippen molar-refractivity contribution in [3.8, 4) is 17.2 Å². The van der Waals surface area contributed by atoms with E-state index in [1.807, 2.05) is 13.8 Å². The number of carbonyl (C=O) groups excluding carboxylic acids is 1. The zero-order chi connectivity index (χ0) is 20.5. The van der Waals surface area contributed by atoms with Crippen molar-refractivity contribution in [2.75, 3.05) is 20.3 Å². The average Bonchev–Trinajstić information content (AvgIpc) is 2.69. The molecule has 2 aromatic carbocycles. The number of amides is 1. The molecule has 28 heavy (non-hydrogen) atoms. The Morgan fingerprint density at radius 2 is 1.64 bits per heavy atom. The molecule has 0 bridgehead atoms. The molecule has 1 amide bonds. The molecule has 2 aromatic rings. The quantitative estimate of drug-likeness (QED) is 0.651. The van der Waals surface area contributed by atoms with Crippen LogP contribution in [0.1, 0.15) is 25.5 Å². The number of nitrogens with one attached hydrogen (secondary N) is 1. The lowest BCUT2D eigenvalue weighted by atomic mass is 10.1. The highest BCUT2D eigenvalue weighted by Crippen LogP contribution is 2.21. The Balaban J connectivity index is 1.94. The monoisotopic (exact) mass is 387 g/mol. The van der Waals surface area contributed by atoms with Crippen LogP contribution in [-0.2, 0) is 9.59 Å². The molecular weight excluding hydrogens is 362 g/mol. The van der Waals surface area contributed by atoms with Crippen LogP contribution in [0.25, 0.3) is 0 Å². The first-order valence-corrected chi connectivity index (χ1v) is 8.91. The molecule has 0 aliphatic rings. The highest BCUT2D eigenvalue weighted by Gasteiger charge is 2.22. The van der Waals surface area contributed by atoms with Gasteiger partial charge < -0.3 is 24.6 Å². The number of carbonyl (C=O) groups is 2. The summed E-state index contributed by atoms with van der Waals surface area (Å²) in [7, 11) is 1.52. The van der Waals surface area contributed by atoms with Crippen molar-refractivity contribution in [3.05, 3.63) is 54.1 Å². The topological polar surface area (TPSA) is 94.1 Å². The van der Waals surface area contributed by atoms with Crippen LogP contribution in [0.15, 0.2) is 48.5 Å². The normalized spacial score (nSPS) is 11.6. The second-order valence-electron chi connectivity index (χ2n) is 6.58. The number of ether oxygens (including phenoxy) is 3. The van der Waals surface area contributed by atoms with Crippen molar-refractivity contribution < 1.29 is 28.9 Å². The van der Waals surface area contributed by atoms with Crippen LogP contribution in [0.5, 0.6) is 17.2 Å². The Bertz CT molecular complexity index is 788. The summed E-state index contributed by atoms with van der Waals surface area (Å²) in [6.45, 7) is 4.36. The molecule has 0 saturated heterocycles. The molecule has 1 unspecified atom stereocenters. The van der Waals surface area contributed by atoms with Crippen molar-refractivity contribution in [3.63, 3.8) is 0 Å². The van der Waals surface area contributed by atoms with Gasteiger partial charge >= 0.3 is 5.97 Å². The zero-order valence-corrected chi connectivity index (χ0v) is 16.2. The van der Waals surface area contributed by atoms with E-state index in [0.29, 0.717) is 35.3 Å². The molecule has 0 saturated carbocycles. The van der Waals surface area contributed by atoms with Crippen molar-refractivity contribution in [2.45, 2.75) is 19.9 Å². The van der Waals surface area contributed by atoms with E-state index in [2.05, 4.69) is 5.32 Å². The van der Waals surface area contributed by atoms with Gasteiger partial charge in [0.05, 0.1) is 13.7 Å². The van der Waals surface area contributed by atoms with E-state index in [1.165, 1.54) is 7.11 Å². The number of carboxylic acids is 1. The van der Waals surface area contributed by atoms with Gasteiger partial charge in [-0.1, -0.05) is 32.0 Å². The predicted molar refractivity (Wildman–Crippen MR) is 104 cm³/mol. The van der Waals surface area contributed by atoms with E-state index in [4.69, 9.17) is 14.2 Å². The van der Waals surface area contributed by atoms with Crippen molar-refractivity contribution in [1.29, 1.82) is 0 Å². The maximum absolute atomic E-state index is 12.2. The van der Waals surface area contributed by atoms with Gasteiger partial charge in [0.2, 0.25) is 0 Å². The van der Waals surface area contributed by atoms with Crippen molar-refractivity contribution in [1.82, 2.24) is 5.32 Å². The molecule has 0 heterocycles. The minimum Gasteiger partial charge on any atom is -0.497 e. The maximum atomic E-state index is 12.2. The molecule has 150 valence electrons. The first-order chi connectivity index (χ1) is 13.4. The van der Waals surface area contributed by atoms with E-state index in [-0.39, 0.29) is 6.61 Å². The summed E-state index contributed by atoms with van der Waals surface area (Å²) in [6, 6.07) is 12.2. The molecule has 0 aliphatic heterocycles. The lowest BCUT2D eigenvalue weighted by Gasteiger charge is -2.16. The Morgan fingerprint density at radius 3 is 2.21 bits per heavy atom. The van der Waals surface area contributed by atoms with Gasteiger partial charge in [-0.2, -0.15) is 0 Å². The first kappa shape index (κ1) is 21.1. The van der Waals surface area contributed by atoms with Crippen molar-refractivity contribution >= 4 is 11.9 Å². The molecule has 0 fully saturated rings. The lowest BCUT2D eigenvalue weighted by Crippen LogP contribution is -2.36. The van der Waals surface area contributed by atoms with Crippen LogP contribution in [-0.4, -0.2) is 37.3 Å². The van der Waals surface area contributed by atoms with E-state index in [0.717, 1.165) is 0 Å². The third-order valence-corrected chi connectivity index (χ3v) is 3.76. The second-order valence-corrected chi connectivity index (χ2v) is 6.58. The van der Waals surface area contributed by atoms with E-state index >= 15 is 0 Å². The fraction of sp³-hybridized carbons (Fsp3) is 0.333. The third-order valence-electron chi connectivity index (χ3n) is 3.76. The van der Waals surface area contributed by atoms with Crippen LogP contribution in [0.3, 0.4) is 0 Å². The summed E-state index contributed by atoms with van der Waals surface area (Å²) in [6.07, 6.45) is 0. The summed E-state index contributed by atoms with van der Waals surface area (Å²) in [5, 5.41) is 11.9. The Labute approximate surface area is 164 Å². The standard InChI is InChI=1S/C21H25NO6/c1-14(2)12-27-17-5-4-6-18(11-17)28-13-19(23)22-20(21(24)25)15-7-9-16(26-3)10-8-15/h4-11,14,20H,12-13H2,1-3H3,(H,22,23)(H,24,25). The van der Waals surface area contributed by atoms with Gasteiger partial charge in [-0.25, -0.2) is 4.79 Å². The molecule has 0 radical (unpaired) electrons. The summed E-state index contributed by atoms with van der Waals surface area (Å²) in [5.41, 5.74) is 0.436. The summed E-state index contributed by atoms with van der Waals surface area (Å²) < 4.78 is 16.1. The Morgan fingerprint density at radius 1 is 1.00 bits per heavy atom. The molecule has 1 atom stereocenters. The summed E-state index contributed by atoms with van der Waals surface area (Å²) >= 11 is 0. The van der Waals surface area contributed by atoms with Gasteiger partial charge in [-0.15, -0.1) is 0 Å². The fourth-order valence-corrected chi connectivity index (χ4v) is 2.35. The van der Waals surface area contributed by atoms with Crippen LogP contribution in [0.4, 0.5) is 0 Å². The maximum Gasteiger partial charge on any atom is 0.330 e. The third kappa shape index (κ3) is 6.50. The molecule has 2 N–H and O–H groups in total. The van der Waals surface area contributed by atoms with Gasteiger partial charge in [0.15, 0.2) is 12.6 Å². The fourth-order valence-electron chi connectivity index (χ4n) is 2.35. The molecule has 0 aliphatic carbocycles. The SMILES string of the molecule is COc1ccc(C(NC(=O)COc2cccc(OCC(C)C)c2)C(=O)O)cc1. The average molecular weight is 387 g/mol. The molecule has 0 aromatic heterocycles. The van der Waals surface area contributed by atoms with Crippen LogP contribution >= 0.6 is 0 Å². The first-order valence-electron chi connectivity index (χ1n) is 8.91. The number of benzene rings is 2. The highest BCUT2D eigenvalue weighted by molar-refractivity contribution is 5.85. The van der Waals surface area contributed by atoms with Crippen LogP contribution < -0.4 is 19.5 Å². The smallest absolute Gasteiger partial charge is 0.330 e. The number of carboxylic acid groups (broad SMARTS) is 1. The number of hydrogen-bond acceptors (Lipinski definition) is 5.